The van der Waals surface area contributed by atoms with Gasteiger partial charge in [0.25, 0.3) is 5.89 Å². The molecule has 0 saturated carbocycles. The molecule has 0 spiro atoms. The van der Waals surface area contributed by atoms with E-state index in [-0.39, 0.29) is 24.0 Å². The lowest BCUT2D eigenvalue weighted by Crippen LogP contribution is -2.58. The van der Waals surface area contributed by atoms with Gasteiger partial charge in [0.05, 0.1) is 0 Å². The van der Waals surface area contributed by atoms with Crippen LogP contribution >= 0.6 is 11.8 Å². The number of carbonyl (C=O) groups is 4. The molecule has 1 saturated heterocycles. The van der Waals surface area contributed by atoms with Gasteiger partial charge in [0.2, 0.25) is 17.6 Å². The van der Waals surface area contributed by atoms with Crippen molar-refractivity contribution in [2.45, 2.75) is 70.1 Å². The minimum Gasteiger partial charge on any atom is -0.444 e. The van der Waals surface area contributed by atoms with E-state index >= 15 is 0 Å². The minimum absolute atomic E-state index is 0.107. The maximum absolute atomic E-state index is 14.4. The van der Waals surface area contributed by atoms with E-state index in [4.69, 9.17) is 9.15 Å². The van der Waals surface area contributed by atoms with Gasteiger partial charge < -0.3 is 24.7 Å². The molecule has 11 heteroatoms. The van der Waals surface area contributed by atoms with E-state index in [1.807, 2.05) is 74.5 Å². The molecule has 1 fully saturated rings. The van der Waals surface area contributed by atoms with Crippen LogP contribution in [0.1, 0.15) is 61.8 Å². The van der Waals surface area contributed by atoms with E-state index < -0.39 is 52.8 Å². The molecule has 1 unspecified atom stereocenters. The number of aromatic nitrogens is 1. The number of rotatable bonds is 10. The lowest BCUT2D eigenvalue weighted by Gasteiger charge is -2.34. The molecule has 246 valence electrons. The first-order valence-corrected chi connectivity index (χ1v) is 16.7. The summed E-state index contributed by atoms with van der Waals surface area (Å²) in [7, 11) is 0. The average molecular weight is 657 g/mol. The van der Waals surface area contributed by atoms with Gasteiger partial charge in [0, 0.05) is 12.2 Å². The van der Waals surface area contributed by atoms with Crippen molar-refractivity contribution in [3.63, 3.8) is 0 Å². The summed E-state index contributed by atoms with van der Waals surface area (Å²) in [5.41, 5.74) is 1.91. The minimum atomic E-state index is -1.02. The summed E-state index contributed by atoms with van der Waals surface area (Å²) >= 11 is 1.45. The first-order chi connectivity index (χ1) is 22.4. The van der Waals surface area contributed by atoms with Gasteiger partial charge in [-0.15, -0.1) is 11.8 Å². The summed E-state index contributed by atoms with van der Waals surface area (Å²) in [5.74, 6) is -1.53. The second kappa shape index (κ2) is 14.4. The molecular formula is C36H40N4O6S. The molecular weight excluding hydrogens is 616 g/mol. The van der Waals surface area contributed by atoms with Crippen LogP contribution in [0, 0.1) is 5.92 Å². The van der Waals surface area contributed by atoms with E-state index in [0.717, 1.165) is 11.1 Å². The predicted molar refractivity (Wildman–Crippen MR) is 181 cm³/mol. The van der Waals surface area contributed by atoms with Gasteiger partial charge in [-0.05, 0) is 49.9 Å². The van der Waals surface area contributed by atoms with Crippen molar-refractivity contribution in [3.05, 3.63) is 102 Å². The number of alkyl carbamates (subject to hydrolysis) is 1. The summed E-state index contributed by atoms with van der Waals surface area (Å²) in [6.07, 6.45) is -0.532. The molecule has 47 heavy (non-hydrogen) atoms. The number of hydrogen-bond donors (Lipinski definition) is 2. The molecule has 2 heterocycles. The quantitative estimate of drug-likeness (QED) is 0.201. The first kappa shape index (κ1) is 33.7. The molecule has 0 bridgehead atoms. The number of ketones is 1. The molecule has 5 rings (SSSR count). The van der Waals surface area contributed by atoms with Gasteiger partial charge in [-0.1, -0.05) is 86.6 Å². The standard InChI is InChI=1S/C36H40N4O6S/c1-22(2)29(39-35(44)46-36(3,4)5)33(43)40-27(21-47-34(40)24-16-10-7-11-17-24)31(42)37-26(20-23-14-8-6-9-15-23)30(41)32-38-25-18-12-13-19-28(25)45-32/h6-19,22,26-27,29,34H,20-21H2,1-5H3,(H,37,42)(H,39,44)/t26-,27-,29-,34?/m0/s1. The zero-order chi connectivity index (χ0) is 33.7. The smallest absolute Gasteiger partial charge is 0.408 e. The molecule has 4 aromatic rings. The summed E-state index contributed by atoms with van der Waals surface area (Å²) in [6, 6.07) is 22.9. The van der Waals surface area contributed by atoms with Crippen LogP contribution in [0.3, 0.4) is 0 Å². The van der Waals surface area contributed by atoms with E-state index in [2.05, 4.69) is 15.6 Å². The Balaban J connectivity index is 1.45. The fourth-order valence-electron chi connectivity index (χ4n) is 5.41. The molecule has 3 amide bonds. The summed E-state index contributed by atoms with van der Waals surface area (Å²) in [4.78, 5) is 61.2. The monoisotopic (exact) mass is 656 g/mol. The molecule has 3 aromatic carbocycles. The van der Waals surface area contributed by atoms with Crippen molar-refractivity contribution in [1.29, 1.82) is 0 Å². The lowest BCUT2D eigenvalue weighted by molar-refractivity contribution is -0.142. The molecule has 0 radical (unpaired) electrons. The third kappa shape index (κ3) is 8.21. The number of amides is 3. The third-order valence-electron chi connectivity index (χ3n) is 7.67. The van der Waals surface area contributed by atoms with Crippen LogP contribution in [0.5, 0.6) is 0 Å². The van der Waals surface area contributed by atoms with Crippen LogP contribution in [0.15, 0.2) is 89.3 Å². The summed E-state index contributed by atoms with van der Waals surface area (Å²) in [6.45, 7) is 8.89. The number of thioether (sulfide) groups is 1. The average Bonchev–Trinajstić information content (AvgIpc) is 3.68. The second-order valence-corrected chi connectivity index (χ2v) is 13.9. The molecule has 1 aliphatic heterocycles. The number of benzene rings is 3. The Morgan fingerprint density at radius 1 is 0.936 bits per heavy atom. The van der Waals surface area contributed by atoms with Crippen LogP contribution in [-0.4, -0.2) is 63.1 Å². The van der Waals surface area contributed by atoms with E-state index in [1.54, 1.807) is 45.0 Å². The molecule has 4 atom stereocenters. The number of oxazole rings is 1. The van der Waals surface area contributed by atoms with Gasteiger partial charge in [0.15, 0.2) is 5.58 Å². The highest BCUT2D eigenvalue weighted by atomic mass is 32.2. The van der Waals surface area contributed by atoms with Gasteiger partial charge in [-0.2, -0.15) is 0 Å². The Bertz CT molecular complexity index is 1690. The van der Waals surface area contributed by atoms with Crippen LogP contribution < -0.4 is 10.6 Å². The number of Topliss-reactive ketones (excluding diaryl/α,β-unsaturated/α-hetero) is 1. The topological polar surface area (TPSA) is 131 Å². The number of nitrogens with one attached hydrogen (secondary N) is 2. The highest BCUT2D eigenvalue weighted by Gasteiger charge is 2.46. The number of hydrogen-bond acceptors (Lipinski definition) is 8. The number of nitrogens with zero attached hydrogens (tertiary/aromatic N) is 2. The maximum atomic E-state index is 14.4. The van der Waals surface area contributed by atoms with Crippen LogP contribution in [0.2, 0.25) is 0 Å². The molecule has 1 aliphatic rings. The number of ether oxygens (including phenoxy) is 1. The molecule has 10 nitrogen and oxygen atoms in total. The van der Waals surface area contributed by atoms with Gasteiger partial charge in [-0.3, -0.25) is 14.4 Å². The zero-order valence-electron chi connectivity index (χ0n) is 27.1. The van der Waals surface area contributed by atoms with Crippen LogP contribution in [-0.2, 0) is 20.7 Å². The lowest BCUT2D eigenvalue weighted by atomic mass is 10.00. The summed E-state index contributed by atoms with van der Waals surface area (Å²) in [5, 5.41) is 5.18. The van der Waals surface area contributed by atoms with E-state index in [1.165, 1.54) is 16.7 Å². The van der Waals surface area contributed by atoms with Crippen molar-refractivity contribution < 1.29 is 28.3 Å². The van der Waals surface area contributed by atoms with E-state index in [9.17, 15) is 19.2 Å². The van der Waals surface area contributed by atoms with Gasteiger partial charge in [-0.25, -0.2) is 9.78 Å². The number of carbonyl (C=O) groups excluding carboxylic acids is 4. The van der Waals surface area contributed by atoms with Crippen LogP contribution in [0.4, 0.5) is 4.79 Å². The Labute approximate surface area is 278 Å². The highest BCUT2D eigenvalue weighted by Crippen LogP contribution is 2.42. The SMILES string of the molecule is CC(C)[C@H](NC(=O)OC(C)(C)C)C(=O)N1C(c2ccccc2)SC[C@H]1C(=O)N[C@@H](Cc1ccccc1)C(=O)c1nc2ccccc2o1. The fraction of sp³-hybridized carbons (Fsp3) is 0.361. The molecule has 2 N–H and O–H groups in total. The largest absolute Gasteiger partial charge is 0.444 e. The predicted octanol–water partition coefficient (Wildman–Crippen LogP) is 5.93. The molecule has 1 aromatic heterocycles. The third-order valence-corrected chi connectivity index (χ3v) is 8.99. The first-order valence-electron chi connectivity index (χ1n) is 15.6. The van der Waals surface area contributed by atoms with Crippen molar-refractivity contribution in [2.75, 3.05) is 5.75 Å². The normalized spacial score (nSPS) is 17.7. The Morgan fingerprint density at radius 3 is 2.21 bits per heavy atom. The fourth-order valence-corrected chi connectivity index (χ4v) is 6.85. The van der Waals surface area contributed by atoms with E-state index in [0.29, 0.717) is 11.1 Å². The van der Waals surface area contributed by atoms with Crippen molar-refractivity contribution in [3.8, 4) is 0 Å². The van der Waals surface area contributed by atoms with Crippen LogP contribution in [0.25, 0.3) is 11.1 Å². The Kier molecular flexibility index (Phi) is 10.3. The second-order valence-electron chi connectivity index (χ2n) is 12.8. The number of para-hydroxylation sites is 2. The zero-order valence-corrected chi connectivity index (χ0v) is 28.0. The Morgan fingerprint density at radius 2 is 1.57 bits per heavy atom. The van der Waals surface area contributed by atoms with Gasteiger partial charge >= 0.3 is 6.09 Å². The van der Waals surface area contributed by atoms with Gasteiger partial charge in [0.1, 0.15) is 34.6 Å². The summed E-state index contributed by atoms with van der Waals surface area (Å²) < 4.78 is 11.2. The van der Waals surface area contributed by atoms with Crippen molar-refractivity contribution >= 4 is 46.6 Å². The maximum Gasteiger partial charge on any atom is 0.408 e. The molecule has 0 aliphatic carbocycles. The highest BCUT2D eigenvalue weighted by molar-refractivity contribution is 7.99. The van der Waals surface area contributed by atoms with Crippen molar-refractivity contribution in [2.24, 2.45) is 5.92 Å². The number of fused-ring (bicyclic) bond motifs is 1. The Hall–Kier alpha value is -4.64. The van der Waals surface area contributed by atoms with Crippen molar-refractivity contribution in [1.82, 2.24) is 20.5 Å².